The summed E-state index contributed by atoms with van der Waals surface area (Å²) in [6, 6.07) is 6.90. The summed E-state index contributed by atoms with van der Waals surface area (Å²) in [4.78, 5) is 8.36. The normalized spacial score (nSPS) is 24.2. The van der Waals surface area contributed by atoms with E-state index in [2.05, 4.69) is 40.0 Å². The predicted molar refractivity (Wildman–Crippen MR) is 126 cm³/mol. The fraction of sp³-hybridized carbons (Fsp3) is 0.423. The molecule has 0 spiro atoms. The van der Waals surface area contributed by atoms with Crippen LogP contribution in [0, 0.1) is 5.82 Å². The Morgan fingerprint density at radius 1 is 1.27 bits per heavy atom. The number of fused-ring (bicyclic) bond motifs is 1. The van der Waals surface area contributed by atoms with Crippen LogP contribution in [0.25, 0.3) is 6.08 Å². The summed E-state index contributed by atoms with van der Waals surface area (Å²) in [5, 5.41) is 15.3. The monoisotopic (exact) mass is 448 g/mol. The van der Waals surface area contributed by atoms with Gasteiger partial charge in [-0.05, 0) is 55.3 Å². The van der Waals surface area contributed by atoms with E-state index in [1.807, 2.05) is 17.1 Å². The molecule has 2 aromatic rings. The molecule has 0 aliphatic carbocycles. The first-order chi connectivity index (χ1) is 16.0. The maximum Gasteiger partial charge on any atom is 0.149 e. The van der Waals surface area contributed by atoms with Crippen LogP contribution in [0.5, 0.6) is 5.75 Å². The van der Waals surface area contributed by atoms with Crippen LogP contribution in [0.2, 0.25) is 0 Å². The average molecular weight is 449 g/mol. The first kappa shape index (κ1) is 20.8. The number of piperidine rings is 1. The first-order valence-corrected chi connectivity index (χ1v) is 11.8. The maximum absolute atomic E-state index is 14.8. The molecule has 1 unspecified atom stereocenters. The van der Waals surface area contributed by atoms with Crippen molar-refractivity contribution in [3.8, 4) is 5.75 Å². The quantitative estimate of drug-likeness (QED) is 0.734. The third-order valence-electron chi connectivity index (χ3n) is 7.39. The largest absolute Gasteiger partial charge is 0.493 e. The molecule has 33 heavy (non-hydrogen) atoms. The van der Waals surface area contributed by atoms with Crippen molar-refractivity contribution in [1.82, 2.24) is 15.2 Å². The highest BCUT2D eigenvalue weighted by atomic mass is 19.1. The summed E-state index contributed by atoms with van der Waals surface area (Å²) < 4.78 is 20.4. The van der Waals surface area contributed by atoms with E-state index < -0.39 is 11.4 Å². The zero-order chi connectivity index (χ0) is 22.6. The molecule has 6 rings (SSSR count). The summed E-state index contributed by atoms with van der Waals surface area (Å²) in [7, 11) is 0. The van der Waals surface area contributed by atoms with Crippen LogP contribution < -0.4 is 15.0 Å². The van der Waals surface area contributed by atoms with Crippen LogP contribution in [0.15, 0.2) is 42.7 Å². The number of benzene rings is 1. The van der Waals surface area contributed by atoms with Gasteiger partial charge in [-0.3, -0.25) is 9.88 Å². The minimum atomic E-state index is -1.28. The number of halogens is 1. The van der Waals surface area contributed by atoms with E-state index in [0.717, 1.165) is 57.0 Å². The Balaban J connectivity index is 1.09. The number of rotatable bonds is 5. The molecule has 0 radical (unpaired) electrons. The van der Waals surface area contributed by atoms with E-state index in [9.17, 15) is 9.50 Å². The molecule has 1 aromatic heterocycles. The lowest BCUT2D eigenvalue weighted by atomic mass is 9.93. The van der Waals surface area contributed by atoms with E-state index in [1.54, 1.807) is 0 Å². The van der Waals surface area contributed by atoms with Gasteiger partial charge in [0.2, 0.25) is 0 Å². The number of likely N-dealkylation sites (tertiary alicyclic amines) is 1. The van der Waals surface area contributed by atoms with Crippen molar-refractivity contribution in [2.24, 2.45) is 0 Å². The van der Waals surface area contributed by atoms with Gasteiger partial charge in [-0.25, -0.2) is 4.39 Å². The van der Waals surface area contributed by atoms with Gasteiger partial charge >= 0.3 is 0 Å². The summed E-state index contributed by atoms with van der Waals surface area (Å²) in [6.07, 6.45) is 7.93. The standard InChI is InChI=1S/C26H29FN4O2/c1-17-2-4-22-25-24(21(27)14-29-22)26(32,16-31(17)25)15-30-9-6-20(7-10-30)28-13-18-3-5-23-19(12-18)8-11-33-23/h2-5,12,14,20,28,32H,1,6-11,13,15-16H2. The van der Waals surface area contributed by atoms with Gasteiger partial charge in [0.25, 0.3) is 0 Å². The van der Waals surface area contributed by atoms with E-state index in [4.69, 9.17) is 4.74 Å². The summed E-state index contributed by atoms with van der Waals surface area (Å²) >= 11 is 0. The predicted octanol–water partition coefficient (Wildman–Crippen LogP) is 2.96. The van der Waals surface area contributed by atoms with Gasteiger partial charge in [-0.1, -0.05) is 18.7 Å². The molecule has 0 saturated carbocycles. The van der Waals surface area contributed by atoms with Crippen LogP contribution >= 0.6 is 0 Å². The van der Waals surface area contributed by atoms with Crippen molar-refractivity contribution in [2.75, 3.05) is 37.7 Å². The van der Waals surface area contributed by atoms with Crippen molar-refractivity contribution in [3.05, 3.63) is 70.9 Å². The number of aromatic nitrogens is 1. The number of β-amino-alcohol motifs (C(OH)–C–C–N with tert-alkyl or cyclic N) is 1. The topological polar surface area (TPSA) is 60.9 Å². The van der Waals surface area contributed by atoms with Gasteiger partial charge in [0.1, 0.15) is 17.2 Å². The lowest BCUT2D eigenvalue weighted by Gasteiger charge is -2.37. The molecule has 172 valence electrons. The number of aliphatic hydroxyl groups is 1. The molecule has 0 bridgehead atoms. The van der Waals surface area contributed by atoms with E-state index in [1.165, 1.54) is 17.3 Å². The van der Waals surface area contributed by atoms with E-state index >= 15 is 0 Å². The summed E-state index contributed by atoms with van der Waals surface area (Å²) in [5.74, 6) is 0.573. The van der Waals surface area contributed by atoms with Crippen LogP contribution in [0.4, 0.5) is 10.1 Å². The zero-order valence-corrected chi connectivity index (χ0v) is 18.7. The molecule has 4 aliphatic rings. The number of nitrogens with one attached hydrogen (secondary N) is 1. The second-order valence-corrected chi connectivity index (χ2v) is 9.63. The van der Waals surface area contributed by atoms with Gasteiger partial charge in [-0.15, -0.1) is 0 Å². The Morgan fingerprint density at radius 3 is 2.97 bits per heavy atom. The Labute approximate surface area is 193 Å². The molecule has 7 heteroatoms. The van der Waals surface area contributed by atoms with Crippen molar-refractivity contribution in [2.45, 2.75) is 37.5 Å². The second kappa shape index (κ2) is 7.94. The van der Waals surface area contributed by atoms with E-state index in [0.29, 0.717) is 36.1 Å². The molecule has 0 amide bonds. The number of hydrogen-bond donors (Lipinski definition) is 2. The minimum Gasteiger partial charge on any atom is -0.493 e. The van der Waals surface area contributed by atoms with Gasteiger partial charge in [0.05, 0.1) is 30.7 Å². The van der Waals surface area contributed by atoms with Crippen molar-refractivity contribution >= 4 is 11.8 Å². The fourth-order valence-corrected chi connectivity index (χ4v) is 5.67. The lowest BCUT2D eigenvalue weighted by Crippen LogP contribution is -2.49. The van der Waals surface area contributed by atoms with Crippen molar-refractivity contribution in [1.29, 1.82) is 0 Å². The molecule has 4 aliphatic heterocycles. The Morgan fingerprint density at radius 2 is 2.12 bits per heavy atom. The molecule has 1 saturated heterocycles. The highest BCUT2D eigenvalue weighted by Crippen LogP contribution is 2.46. The zero-order valence-electron chi connectivity index (χ0n) is 18.7. The van der Waals surface area contributed by atoms with Gasteiger partial charge in [0.15, 0.2) is 0 Å². The second-order valence-electron chi connectivity index (χ2n) is 9.63. The van der Waals surface area contributed by atoms with Gasteiger partial charge < -0.3 is 20.1 Å². The molecule has 1 atom stereocenters. The maximum atomic E-state index is 14.8. The van der Waals surface area contributed by atoms with Crippen LogP contribution in [-0.2, 0) is 18.6 Å². The third kappa shape index (κ3) is 3.64. The minimum absolute atomic E-state index is 0.307. The molecule has 1 aromatic carbocycles. The number of hydrogen-bond acceptors (Lipinski definition) is 6. The first-order valence-electron chi connectivity index (χ1n) is 11.8. The molecule has 1 fully saturated rings. The lowest BCUT2D eigenvalue weighted by molar-refractivity contribution is 0.00367. The fourth-order valence-electron chi connectivity index (χ4n) is 5.67. The number of ether oxygens (including phenoxy) is 1. The molecular weight excluding hydrogens is 419 g/mol. The highest BCUT2D eigenvalue weighted by molar-refractivity contribution is 5.80. The SMILES string of the molecule is C=C1C=Cc2ncc(F)c3c2N1CC3(O)CN1CCC(NCc2ccc3c(c2)CCO3)CC1. The highest BCUT2D eigenvalue weighted by Gasteiger charge is 2.47. The number of allylic oxidation sites excluding steroid dienone is 1. The van der Waals surface area contributed by atoms with Gasteiger partial charge in [0, 0.05) is 36.8 Å². The van der Waals surface area contributed by atoms with Gasteiger partial charge in [-0.2, -0.15) is 0 Å². The number of pyridine rings is 1. The van der Waals surface area contributed by atoms with Crippen LogP contribution in [0.1, 0.15) is 35.2 Å². The van der Waals surface area contributed by atoms with E-state index in [-0.39, 0.29) is 0 Å². The molecule has 6 nitrogen and oxygen atoms in total. The Bertz CT molecular complexity index is 1140. The third-order valence-corrected chi connectivity index (χ3v) is 7.39. The van der Waals surface area contributed by atoms with Crippen LogP contribution in [-0.4, -0.2) is 53.8 Å². The Kier molecular flexibility index (Phi) is 5.01. The van der Waals surface area contributed by atoms with Crippen LogP contribution in [0.3, 0.4) is 0 Å². The van der Waals surface area contributed by atoms with Crippen molar-refractivity contribution in [3.63, 3.8) is 0 Å². The molecule has 5 heterocycles. The molecule has 2 N–H and O–H groups in total. The average Bonchev–Trinajstić information content (AvgIpc) is 3.40. The molecular formula is C26H29FN4O2. The number of nitrogens with zero attached hydrogens (tertiary/aromatic N) is 3. The van der Waals surface area contributed by atoms with Crippen molar-refractivity contribution < 1.29 is 14.2 Å². The smallest absolute Gasteiger partial charge is 0.149 e. The Hall–Kier alpha value is -2.74. The summed E-state index contributed by atoms with van der Waals surface area (Å²) in [6.45, 7) is 8.14. The number of anilines is 1. The summed E-state index contributed by atoms with van der Waals surface area (Å²) in [5.41, 5.74) is 3.79.